The van der Waals surface area contributed by atoms with E-state index in [1.54, 1.807) is 0 Å². The number of carbonyl (C=O) groups is 3. The molecule has 75 heavy (non-hydrogen) atoms. The third-order valence-electron chi connectivity index (χ3n) is 14.2. The highest BCUT2D eigenvalue weighted by molar-refractivity contribution is 5.71. The van der Waals surface area contributed by atoms with Gasteiger partial charge in [-0.3, -0.25) is 14.4 Å². The van der Waals surface area contributed by atoms with E-state index in [2.05, 4.69) is 93.7 Å². The second kappa shape index (κ2) is 63.4. The molecule has 0 heterocycles. The van der Waals surface area contributed by atoms with Gasteiger partial charge in [-0.25, -0.2) is 0 Å². The smallest absolute Gasteiger partial charge is 0.306 e. The molecule has 0 aromatic heterocycles. The Morgan fingerprint density at radius 2 is 0.520 bits per heavy atom. The Balaban J connectivity index is 4.27. The minimum Gasteiger partial charge on any atom is -0.462 e. The second-order valence-corrected chi connectivity index (χ2v) is 21.6. The molecule has 6 nitrogen and oxygen atoms in total. The number of rotatable bonds is 59. The van der Waals surface area contributed by atoms with Gasteiger partial charge in [-0.2, -0.15) is 0 Å². The highest BCUT2D eigenvalue weighted by Crippen LogP contribution is 2.17. The van der Waals surface area contributed by atoms with Gasteiger partial charge >= 0.3 is 17.9 Å². The lowest BCUT2D eigenvalue weighted by Gasteiger charge is -2.18. The Morgan fingerprint density at radius 1 is 0.280 bits per heavy atom. The van der Waals surface area contributed by atoms with Crippen molar-refractivity contribution < 1.29 is 28.6 Å². The molecule has 0 aromatic carbocycles. The normalized spacial score (nSPS) is 12.5. The van der Waals surface area contributed by atoms with Gasteiger partial charge in [0.05, 0.1) is 0 Å². The van der Waals surface area contributed by atoms with Crippen molar-refractivity contribution in [1.29, 1.82) is 0 Å². The molecule has 0 amide bonds. The maximum Gasteiger partial charge on any atom is 0.306 e. The molecule has 0 spiro atoms. The van der Waals surface area contributed by atoms with Crippen molar-refractivity contribution in [3.05, 3.63) is 72.9 Å². The van der Waals surface area contributed by atoms with E-state index in [-0.39, 0.29) is 31.1 Å². The number of allylic oxidation sites excluding steroid dienone is 12. The number of hydrogen-bond donors (Lipinski definition) is 0. The summed E-state index contributed by atoms with van der Waals surface area (Å²) in [5, 5.41) is 0. The number of esters is 3. The molecule has 0 N–H and O–H groups in total. The number of unbranched alkanes of at least 4 members (excludes halogenated alkanes) is 36. The molecule has 1 atom stereocenters. The quantitative estimate of drug-likeness (QED) is 0.0261. The molecule has 0 aliphatic carbocycles. The Hall–Kier alpha value is -3.15. The fourth-order valence-corrected chi connectivity index (χ4v) is 9.35. The molecule has 0 aliphatic rings. The summed E-state index contributed by atoms with van der Waals surface area (Å²) < 4.78 is 16.9. The topological polar surface area (TPSA) is 78.9 Å². The first-order valence-corrected chi connectivity index (χ1v) is 32.4. The van der Waals surface area contributed by atoms with Crippen LogP contribution in [0.1, 0.15) is 329 Å². The van der Waals surface area contributed by atoms with Crippen LogP contribution in [-0.2, 0) is 28.6 Å². The third-order valence-corrected chi connectivity index (χ3v) is 14.2. The summed E-state index contributed by atoms with van der Waals surface area (Å²) in [5.41, 5.74) is 0. The minimum absolute atomic E-state index is 0.0797. The van der Waals surface area contributed by atoms with Crippen molar-refractivity contribution >= 4 is 17.9 Å². The molecule has 0 radical (unpaired) electrons. The van der Waals surface area contributed by atoms with Gasteiger partial charge in [0.25, 0.3) is 0 Å². The second-order valence-electron chi connectivity index (χ2n) is 21.6. The van der Waals surface area contributed by atoms with Gasteiger partial charge in [-0.15, -0.1) is 0 Å². The van der Waals surface area contributed by atoms with Crippen LogP contribution in [0.5, 0.6) is 0 Å². The van der Waals surface area contributed by atoms with Crippen LogP contribution in [0.3, 0.4) is 0 Å². The molecule has 1 unspecified atom stereocenters. The van der Waals surface area contributed by atoms with Gasteiger partial charge in [0.1, 0.15) is 13.2 Å². The molecule has 0 saturated carbocycles. The lowest BCUT2D eigenvalue weighted by Crippen LogP contribution is -2.30. The third kappa shape index (κ3) is 61.6. The Kier molecular flexibility index (Phi) is 60.7. The van der Waals surface area contributed by atoms with E-state index in [9.17, 15) is 14.4 Å². The number of ether oxygens (including phenoxy) is 3. The van der Waals surface area contributed by atoms with E-state index in [0.717, 1.165) is 109 Å². The first-order valence-electron chi connectivity index (χ1n) is 32.4. The fourth-order valence-electron chi connectivity index (χ4n) is 9.35. The van der Waals surface area contributed by atoms with Crippen LogP contribution in [0.25, 0.3) is 0 Å². The summed E-state index contributed by atoms with van der Waals surface area (Å²) in [7, 11) is 0. The summed E-state index contributed by atoms with van der Waals surface area (Å²) in [6.45, 7) is 6.54. The van der Waals surface area contributed by atoms with E-state index in [4.69, 9.17) is 14.2 Å². The maximum atomic E-state index is 12.9. The predicted molar refractivity (Wildman–Crippen MR) is 325 cm³/mol. The first-order chi connectivity index (χ1) is 37.0. The number of hydrogen-bond acceptors (Lipinski definition) is 6. The van der Waals surface area contributed by atoms with E-state index < -0.39 is 6.10 Å². The van der Waals surface area contributed by atoms with Crippen LogP contribution in [-0.4, -0.2) is 37.2 Å². The van der Waals surface area contributed by atoms with Gasteiger partial charge in [-0.1, -0.05) is 293 Å². The highest BCUT2D eigenvalue weighted by atomic mass is 16.6. The molecule has 0 aliphatic heterocycles. The molecular formula is C69H122O6. The van der Waals surface area contributed by atoms with Crippen molar-refractivity contribution in [2.75, 3.05) is 13.2 Å². The van der Waals surface area contributed by atoms with Crippen LogP contribution in [0.15, 0.2) is 72.9 Å². The van der Waals surface area contributed by atoms with E-state index in [0.29, 0.717) is 19.3 Å². The summed E-state index contributed by atoms with van der Waals surface area (Å²) in [5.74, 6) is -0.883. The number of carbonyl (C=O) groups excluding carboxylic acids is 3. The van der Waals surface area contributed by atoms with Crippen LogP contribution in [0.4, 0.5) is 0 Å². The SMILES string of the molecule is CC/C=C\C/C=C\C/C=C\CCCCCCCC(=O)OC(COC(=O)CCCCCCCCCCCCCC/C=C\C/C=C\C/C=C\CCCCCCC)COC(=O)CCCCCCCCCCCCCCCCC. The summed E-state index contributed by atoms with van der Waals surface area (Å²) >= 11 is 0. The monoisotopic (exact) mass is 1050 g/mol. The highest BCUT2D eigenvalue weighted by Gasteiger charge is 2.19. The molecule has 0 aromatic rings. The lowest BCUT2D eigenvalue weighted by atomic mass is 10.0. The van der Waals surface area contributed by atoms with Gasteiger partial charge in [0, 0.05) is 19.3 Å². The summed E-state index contributed by atoms with van der Waals surface area (Å²) in [4.78, 5) is 38.3. The molecule has 0 rings (SSSR count). The van der Waals surface area contributed by atoms with E-state index in [1.165, 1.54) is 180 Å². The van der Waals surface area contributed by atoms with Crippen LogP contribution in [0.2, 0.25) is 0 Å². The van der Waals surface area contributed by atoms with Crippen molar-refractivity contribution in [3.63, 3.8) is 0 Å². The molecular weight excluding hydrogens is 925 g/mol. The maximum absolute atomic E-state index is 12.9. The predicted octanol–water partition coefficient (Wildman–Crippen LogP) is 22.1. The Bertz CT molecular complexity index is 1390. The van der Waals surface area contributed by atoms with Gasteiger partial charge < -0.3 is 14.2 Å². The zero-order chi connectivity index (χ0) is 54.3. The Morgan fingerprint density at radius 3 is 0.813 bits per heavy atom. The van der Waals surface area contributed by atoms with Crippen molar-refractivity contribution in [1.82, 2.24) is 0 Å². The summed E-state index contributed by atoms with van der Waals surface area (Å²) in [6, 6.07) is 0. The molecule has 0 saturated heterocycles. The van der Waals surface area contributed by atoms with Crippen molar-refractivity contribution in [2.24, 2.45) is 0 Å². The van der Waals surface area contributed by atoms with Gasteiger partial charge in [-0.05, 0) is 89.9 Å². The average molecular weight is 1050 g/mol. The first kappa shape index (κ1) is 71.8. The molecule has 0 fully saturated rings. The zero-order valence-corrected chi connectivity index (χ0v) is 49.8. The van der Waals surface area contributed by atoms with Gasteiger partial charge in [0.15, 0.2) is 6.10 Å². The van der Waals surface area contributed by atoms with Gasteiger partial charge in [0.2, 0.25) is 0 Å². The molecule has 434 valence electrons. The van der Waals surface area contributed by atoms with Crippen LogP contribution < -0.4 is 0 Å². The standard InChI is InChI=1S/C69H122O6/c1-4-7-10-13-16-19-22-25-28-29-30-31-32-33-34-35-36-37-38-39-42-44-47-50-53-56-59-62-68(71)74-65-66(75-69(72)63-60-57-54-51-48-45-41-27-24-21-18-15-12-9-6-3)64-73-67(70)61-58-55-52-49-46-43-40-26-23-20-17-14-11-8-5-2/h9,12,18,21-22,25,27,29-30,32-33,41,66H,4-8,10-11,13-17,19-20,23-24,26,28,31,34-40,42-65H2,1-3H3/b12-9-,21-18-,25-22-,30-29-,33-32-,41-27-. The zero-order valence-electron chi connectivity index (χ0n) is 49.8. The van der Waals surface area contributed by atoms with E-state index >= 15 is 0 Å². The Labute approximate surface area is 465 Å². The van der Waals surface area contributed by atoms with Crippen molar-refractivity contribution in [3.8, 4) is 0 Å². The fraction of sp³-hybridized carbons (Fsp3) is 0.783. The largest absolute Gasteiger partial charge is 0.462 e. The van der Waals surface area contributed by atoms with E-state index in [1.807, 2.05) is 0 Å². The van der Waals surface area contributed by atoms with Crippen LogP contribution in [0, 0.1) is 0 Å². The van der Waals surface area contributed by atoms with Crippen molar-refractivity contribution in [2.45, 2.75) is 335 Å². The summed E-state index contributed by atoms with van der Waals surface area (Å²) in [6.07, 6.45) is 82.0. The van der Waals surface area contributed by atoms with Crippen LogP contribution >= 0.6 is 0 Å². The average Bonchev–Trinajstić information content (AvgIpc) is 3.41. The molecule has 6 heteroatoms. The minimum atomic E-state index is -0.784. The molecule has 0 bridgehead atoms. The lowest BCUT2D eigenvalue weighted by molar-refractivity contribution is -0.167.